The average Bonchev–Trinajstić information content (AvgIpc) is 2.15. The number of carboxylic acids is 1. The Morgan fingerprint density at radius 3 is 2.27 bits per heavy atom. The molecule has 0 fully saturated rings. The van der Waals surface area contributed by atoms with Gasteiger partial charge in [0.25, 0.3) is 5.91 Å². The van der Waals surface area contributed by atoms with Crippen LogP contribution in [0.1, 0.15) is 6.92 Å². The van der Waals surface area contributed by atoms with Crippen molar-refractivity contribution < 1.29 is 24.9 Å². The molecule has 0 aromatic heterocycles. The molecule has 0 bridgehead atoms. The Hall–Kier alpha value is -0.450. The van der Waals surface area contributed by atoms with Crippen LogP contribution in [0.2, 0.25) is 0 Å². The molecule has 0 radical (unpaired) electrons. The summed E-state index contributed by atoms with van der Waals surface area (Å²) in [5, 5.41) is 26.5. The molecule has 0 aliphatic heterocycles. The van der Waals surface area contributed by atoms with E-state index < -0.39 is 36.7 Å². The predicted molar refractivity (Wildman–Crippen MR) is 59.0 cm³/mol. The molecular weight excluding hydrogens is 319 g/mol. The van der Waals surface area contributed by atoms with E-state index in [0.717, 1.165) is 3.11 Å². The van der Waals surface area contributed by atoms with E-state index in [1.165, 1.54) is 29.8 Å². The van der Waals surface area contributed by atoms with Crippen molar-refractivity contribution in [1.29, 1.82) is 0 Å². The van der Waals surface area contributed by atoms with E-state index in [9.17, 15) is 9.59 Å². The van der Waals surface area contributed by atoms with E-state index in [2.05, 4.69) is 0 Å². The number of nitrogens with two attached hydrogens (primary N) is 1. The molecule has 0 rings (SSSR count). The monoisotopic (exact) mass is 332 g/mol. The van der Waals surface area contributed by atoms with E-state index in [1.54, 1.807) is 0 Å². The zero-order valence-corrected chi connectivity index (χ0v) is 10.2. The lowest BCUT2D eigenvalue weighted by Crippen LogP contribution is -2.51. The van der Waals surface area contributed by atoms with E-state index in [0.29, 0.717) is 0 Å². The number of nitrogens with zero attached hydrogens (tertiary/aromatic N) is 1. The molecule has 1 amide bonds. The predicted octanol–water partition coefficient (Wildman–Crippen LogP) is -1.68. The third kappa shape index (κ3) is 3.89. The molecule has 0 saturated heterocycles. The molecule has 0 heterocycles. The average molecular weight is 332 g/mol. The van der Waals surface area contributed by atoms with Gasteiger partial charge in [0.1, 0.15) is 6.04 Å². The number of rotatable bonds is 5. The number of amides is 1. The number of aliphatic hydroxyl groups is 2. The molecule has 88 valence electrons. The Balaban J connectivity index is 4.61. The number of hydrogen-bond acceptors (Lipinski definition) is 5. The first kappa shape index (κ1) is 14.6. The van der Waals surface area contributed by atoms with Crippen molar-refractivity contribution in [3.63, 3.8) is 0 Å². The normalized spacial score (nSPS) is 16.6. The summed E-state index contributed by atoms with van der Waals surface area (Å²) in [5.41, 5.74) is 5.33. The van der Waals surface area contributed by atoms with Crippen LogP contribution in [0.25, 0.3) is 0 Å². The third-order valence-electron chi connectivity index (χ3n) is 1.75. The minimum atomic E-state index is -1.36. The number of carbonyl (C=O) groups excluding carboxylic acids is 1. The van der Waals surface area contributed by atoms with Gasteiger partial charge in [0.05, 0.1) is 35.6 Å². The Kier molecular flexibility index (Phi) is 6.02. The van der Waals surface area contributed by atoms with Crippen LogP contribution in [0.5, 0.6) is 0 Å². The minimum absolute atomic E-state index is 0.712. The van der Waals surface area contributed by atoms with Gasteiger partial charge in [-0.25, -0.2) is 4.79 Å². The first-order chi connectivity index (χ1) is 6.82. The standard InChI is InChI=1S/C7H13IN2O5/c1-3(12)5(9)6(13)10(8)4(2-11)7(14)15/h3-5,11-12H,2,9H2,1H3,(H,14,15)/t3-,4+,5+/m1/s1. The summed E-state index contributed by atoms with van der Waals surface area (Å²) in [7, 11) is 0. The summed E-state index contributed by atoms with van der Waals surface area (Å²) in [6.45, 7) is 0.609. The van der Waals surface area contributed by atoms with E-state index in [-0.39, 0.29) is 0 Å². The SMILES string of the molecule is C[C@@H](O)[C@H](N)C(=O)N(I)[C@@H](CO)C(=O)O. The fourth-order valence-corrected chi connectivity index (χ4v) is 1.49. The first-order valence-corrected chi connectivity index (χ1v) is 5.05. The van der Waals surface area contributed by atoms with E-state index >= 15 is 0 Å². The second kappa shape index (κ2) is 6.20. The van der Waals surface area contributed by atoms with Gasteiger partial charge in [-0.1, -0.05) is 0 Å². The Labute approximate surface area is 100 Å². The van der Waals surface area contributed by atoms with Gasteiger partial charge in [0.15, 0.2) is 6.04 Å². The molecule has 0 spiro atoms. The lowest BCUT2D eigenvalue weighted by Gasteiger charge is -2.24. The van der Waals surface area contributed by atoms with E-state index in [4.69, 9.17) is 21.1 Å². The Morgan fingerprint density at radius 2 is 2.00 bits per heavy atom. The number of aliphatic hydroxyl groups excluding tert-OH is 2. The molecule has 0 unspecified atom stereocenters. The van der Waals surface area contributed by atoms with Gasteiger partial charge in [0, 0.05) is 0 Å². The number of aliphatic carboxylic acids is 1. The summed E-state index contributed by atoms with van der Waals surface area (Å²) in [4.78, 5) is 22.1. The molecular formula is C7H13IN2O5. The smallest absolute Gasteiger partial charge is 0.329 e. The second-order valence-corrected chi connectivity index (χ2v) is 3.99. The molecule has 7 nitrogen and oxygen atoms in total. The molecule has 0 aliphatic rings. The van der Waals surface area contributed by atoms with Crippen molar-refractivity contribution >= 4 is 34.7 Å². The largest absolute Gasteiger partial charge is 0.480 e. The Bertz CT molecular complexity index is 248. The van der Waals surface area contributed by atoms with Crippen molar-refractivity contribution in [3.8, 4) is 0 Å². The van der Waals surface area contributed by atoms with Crippen LogP contribution in [-0.4, -0.2) is 55.1 Å². The molecule has 0 aliphatic carbocycles. The summed E-state index contributed by atoms with van der Waals surface area (Å²) in [5.74, 6) is -2.08. The van der Waals surface area contributed by atoms with Crippen molar-refractivity contribution in [2.24, 2.45) is 5.73 Å². The van der Waals surface area contributed by atoms with Gasteiger partial charge in [-0.15, -0.1) is 0 Å². The van der Waals surface area contributed by atoms with Crippen LogP contribution >= 0.6 is 22.9 Å². The number of halogens is 1. The topological polar surface area (TPSA) is 124 Å². The maximum Gasteiger partial charge on any atom is 0.329 e. The van der Waals surface area contributed by atoms with Gasteiger partial charge < -0.3 is 21.1 Å². The maximum atomic E-state index is 11.4. The van der Waals surface area contributed by atoms with Crippen molar-refractivity contribution in [3.05, 3.63) is 0 Å². The van der Waals surface area contributed by atoms with Gasteiger partial charge in [-0.3, -0.25) is 7.91 Å². The molecule has 0 saturated carbocycles. The van der Waals surface area contributed by atoms with Crippen LogP contribution in [0.15, 0.2) is 0 Å². The summed E-state index contributed by atoms with van der Waals surface area (Å²) >= 11 is 1.45. The highest BCUT2D eigenvalue weighted by Gasteiger charge is 2.32. The lowest BCUT2D eigenvalue weighted by atomic mass is 10.1. The fourth-order valence-electron chi connectivity index (χ4n) is 0.749. The quantitative estimate of drug-likeness (QED) is 0.352. The maximum absolute atomic E-state index is 11.4. The highest BCUT2D eigenvalue weighted by Crippen LogP contribution is 2.10. The van der Waals surface area contributed by atoms with Crippen LogP contribution in [0.4, 0.5) is 0 Å². The molecule has 5 N–H and O–H groups in total. The van der Waals surface area contributed by atoms with Crippen molar-refractivity contribution in [1.82, 2.24) is 3.11 Å². The summed E-state index contributed by atoms with van der Waals surface area (Å²) in [6.07, 6.45) is -1.08. The Morgan fingerprint density at radius 1 is 1.53 bits per heavy atom. The third-order valence-corrected chi connectivity index (χ3v) is 2.89. The van der Waals surface area contributed by atoms with Crippen LogP contribution in [0.3, 0.4) is 0 Å². The lowest BCUT2D eigenvalue weighted by molar-refractivity contribution is -0.147. The van der Waals surface area contributed by atoms with Gasteiger partial charge >= 0.3 is 5.97 Å². The minimum Gasteiger partial charge on any atom is -0.480 e. The zero-order chi connectivity index (χ0) is 12.2. The van der Waals surface area contributed by atoms with Crippen LogP contribution in [0, 0.1) is 0 Å². The van der Waals surface area contributed by atoms with Crippen LogP contribution < -0.4 is 5.73 Å². The fraction of sp³-hybridized carbons (Fsp3) is 0.714. The van der Waals surface area contributed by atoms with Crippen LogP contribution in [-0.2, 0) is 9.59 Å². The number of carboxylic acid groups (broad SMARTS) is 1. The molecule has 0 aromatic carbocycles. The highest BCUT2D eigenvalue weighted by molar-refractivity contribution is 14.1. The molecule has 15 heavy (non-hydrogen) atoms. The highest BCUT2D eigenvalue weighted by atomic mass is 127. The summed E-state index contributed by atoms with van der Waals surface area (Å²) < 4.78 is 0.775. The first-order valence-electron chi connectivity index (χ1n) is 4.09. The molecule has 0 aromatic rings. The van der Waals surface area contributed by atoms with E-state index in [1.807, 2.05) is 0 Å². The number of carbonyl (C=O) groups is 2. The molecule has 8 heteroatoms. The number of hydrogen-bond donors (Lipinski definition) is 4. The van der Waals surface area contributed by atoms with Gasteiger partial charge in [-0.2, -0.15) is 0 Å². The van der Waals surface area contributed by atoms with Gasteiger partial charge in [0.2, 0.25) is 0 Å². The zero-order valence-electron chi connectivity index (χ0n) is 8.00. The molecule has 3 atom stereocenters. The second-order valence-electron chi connectivity index (χ2n) is 2.95. The van der Waals surface area contributed by atoms with Gasteiger partial charge in [-0.05, 0) is 6.92 Å². The van der Waals surface area contributed by atoms with Crippen molar-refractivity contribution in [2.75, 3.05) is 6.61 Å². The summed E-state index contributed by atoms with van der Waals surface area (Å²) in [6, 6.07) is -2.56. The van der Waals surface area contributed by atoms with Crippen molar-refractivity contribution in [2.45, 2.75) is 25.1 Å².